The smallest absolute Gasteiger partial charge is 0.310 e. The van der Waals surface area contributed by atoms with E-state index in [0.717, 1.165) is 11.3 Å². The summed E-state index contributed by atoms with van der Waals surface area (Å²) in [5.41, 5.74) is 1.38. The first kappa shape index (κ1) is 17.8. The van der Waals surface area contributed by atoms with Crippen molar-refractivity contribution in [1.82, 2.24) is 0 Å². The molecule has 0 radical (unpaired) electrons. The highest BCUT2D eigenvalue weighted by Crippen LogP contribution is 2.15. The fourth-order valence-corrected chi connectivity index (χ4v) is 2.09. The number of halogens is 1. The van der Waals surface area contributed by atoms with Gasteiger partial charge in [0.25, 0.3) is 5.91 Å². The number of hydrogen-bond acceptors (Lipinski definition) is 4. The minimum Gasteiger partial charge on any atom is -0.494 e. The minimum atomic E-state index is -0.473. The number of carbonyl (C=O) groups is 2. The van der Waals surface area contributed by atoms with Crippen LogP contribution in [0.4, 0.5) is 5.69 Å². The molecule has 0 aliphatic heterocycles. The summed E-state index contributed by atoms with van der Waals surface area (Å²) in [6.45, 7) is 2.14. The SMILES string of the molecule is CCOc1ccc(NC(=O)COC(=O)Cc2ccc(Cl)cc2)cc1. The van der Waals surface area contributed by atoms with Gasteiger partial charge in [-0.2, -0.15) is 0 Å². The van der Waals surface area contributed by atoms with E-state index in [0.29, 0.717) is 17.3 Å². The fourth-order valence-electron chi connectivity index (χ4n) is 1.96. The largest absolute Gasteiger partial charge is 0.494 e. The van der Waals surface area contributed by atoms with Gasteiger partial charge in [-0.15, -0.1) is 0 Å². The van der Waals surface area contributed by atoms with E-state index in [4.69, 9.17) is 21.1 Å². The topological polar surface area (TPSA) is 64.6 Å². The maximum absolute atomic E-state index is 11.8. The number of carbonyl (C=O) groups excluding carboxylic acids is 2. The zero-order chi connectivity index (χ0) is 17.4. The monoisotopic (exact) mass is 347 g/mol. The van der Waals surface area contributed by atoms with E-state index in [-0.39, 0.29) is 13.0 Å². The van der Waals surface area contributed by atoms with Crippen molar-refractivity contribution in [2.75, 3.05) is 18.5 Å². The molecular formula is C18H18ClNO4. The zero-order valence-electron chi connectivity index (χ0n) is 13.3. The maximum Gasteiger partial charge on any atom is 0.310 e. The van der Waals surface area contributed by atoms with Gasteiger partial charge in [0.15, 0.2) is 6.61 Å². The van der Waals surface area contributed by atoms with Gasteiger partial charge >= 0.3 is 5.97 Å². The molecule has 1 N–H and O–H groups in total. The van der Waals surface area contributed by atoms with Crippen LogP contribution in [0.1, 0.15) is 12.5 Å². The lowest BCUT2D eigenvalue weighted by Gasteiger charge is -2.08. The fraction of sp³-hybridized carbons (Fsp3) is 0.222. The summed E-state index contributed by atoms with van der Waals surface area (Å²) in [6, 6.07) is 13.8. The van der Waals surface area contributed by atoms with Gasteiger partial charge < -0.3 is 14.8 Å². The van der Waals surface area contributed by atoms with Crippen LogP contribution in [-0.4, -0.2) is 25.1 Å². The molecule has 0 saturated carbocycles. The number of anilines is 1. The molecule has 0 unspecified atom stereocenters. The van der Waals surface area contributed by atoms with Gasteiger partial charge in [0.1, 0.15) is 5.75 Å². The summed E-state index contributed by atoms with van der Waals surface area (Å²) in [6.07, 6.45) is 0.0908. The van der Waals surface area contributed by atoms with Gasteiger partial charge in [0, 0.05) is 10.7 Å². The Morgan fingerprint density at radius 3 is 2.33 bits per heavy atom. The summed E-state index contributed by atoms with van der Waals surface area (Å²) >= 11 is 5.78. The molecule has 0 fully saturated rings. The standard InChI is InChI=1S/C18H18ClNO4/c1-2-23-16-9-7-15(8-10-16)20-17(21)12-24-18(22)11-13-3-5-14(19)6-4-13/h3-10H,2,11-12H2,1H3,(H,20,21). The second-order valence-electron chi connectivity index (χ2n) is 4.97. The minimum absolute atomic E-state index is 0.0908. The Hall–Kier alpha value is -2.53. The second kappa shape index (κ2) is 8.93. The van der Waals surface area contributed by atoms with E-state index in [9.17, 15) is 9.59 Å². The average molecular weight is 348 g/mol. The van der Waals surface area contributed by atoms with Gasteiger partial charge in [-0.1, -0.05) is 23.7 Å². The van der Waals surface area contributed by atoms with E-state index < -0.39 is 11.9 Å². The highest BCUT2D eigenvalue weighted by Gasteiger charge is 2.09. The molecule has 2 aromatic carbocycles. The van der Waals surface area contributed by atoms with Gasteiger partial charge in [-0.3, -0.25) is 9.59 Å². The highest BCUT2D eigenvalue weighted by molar-refractivity contribution is 6.30. The van der Waals surface area contributed by atoms with Gasteiger partial charge in [0.2, 0.25) is 0 Å². The molecule has 0 saturated heterocycles. The third-order valence-electron chi connectivity index (χ3n) is 3.08. The van der Waals surface area contributed by atoms with Crippen molar-refractivity contribution in [3.8, 4) is 5.75 Å². The summed E-state index contributed by atoms with van der Waals surface area (Å²) in [5.74, 6) is -0.146. The van der Waals surface area contributed by atoms with E-state index in [1.54, 1.807) is 48.5 Å². The first-order valence-electron chi connectivity index (χ1n) is 7.49. The lowest BCUT2D eigenvalue weighted by atomic mass is 10.1. The van der Waals surface area contributed by atoms with Crippen molar-refractivity contribution in [2.45, 2.75) is 13.3 Å². The molecule has 5 nitrogen and oxygen atoms in total. The number of rotatable bonds is 7. The Labute approximate surface area is 145 Å². The van der Waals surface area contributed by atoms with Crippen LogP contribution in [0.2, 0.25) is 5.02 Å². The Balaban J connectivity index is 1.75. The van der Waals surface area contributed by atoms with Gasteiger partial charge in [0.05, 0.1) is 13.0 Å². The summed E-state index contributed by atoms with van der Waals surface area (Å²) in [4.78, 5) is 23.5. The number of esters is 1. The average Bonchev–Trinajstić information content (AvgIpc) is 2.57. The molecule has 0 aromatic heterocycles. The summed E-state index contributed by atoms with van der Waals surface area (Å²) in [7, 11) is 0. The van der Waals surface area contributed by atoms with Crippen molar-refractivity contribution < 1.29 is 19.1 Å². The van der Waals surface area contributed by atoms with Crippen LogP contribution in [0.25, 0.3) is 0 Å². The Kier molecular flexibility index (Phi) is 6.63. The molecule has 2 aromatic rings. The van der Waals surface area contributed by atoms with Gasteiger partial charge in [-0.05, 0) is 48.9 Å². The van der Waals surface area contributed by atoms with Crippen LogP contribution >= 0.6 is 11.6 Å². The highest BCUT2D eigenvalue weighted by atomic mass is 35.5. The van der Waals surface area contributed by atoms with Crippen molar-refractivity contribution in [1.29, 1.82) is 0 Å². The first-order chi connectivity index (χ1) is 11.6. The zero-order valence-corrected chi connectivity index (χ0v) is 14.0. The van der Waals surface area contributed by atoms with Crippen molar-refractivity contribution in [3.63, 3.8) is 0 Å². The Morgan fingerprint density at radius 1 is 1.04 bits per heavy atom. The molecule has 2 rings (SSSR count). The van der Waals surface area contributed by atoms with Crippen LogP contribution < -0.4 is 10.1 Å². The molecule has 126 valence electrons. The predicted octanol–water partition coefficient (Wildman–Crippen LogP) is 3.46. The molecule has 0 spiro atoms. The molecule has 0 aliphatic carbocycles. The second-order valence-corrected chi connectivity index (χ2v) is 5.41. The molecule has 0 heterocycles. The lowest BCUT2D eigenvalue weighted by molar-refractivity contribution is -0.146. The van der Waals surface area contributed by atoms with E-state index in [2.05, 4.69) is 5.32 Å². The number of hydrogen-bond donors (Lipinski definition) is 1. The van der Waals surface area contributed by atoms with Crippen LogP contribution in [0.3, 0.4) is 0 Å². The number of ether oxygens (including phenoxy) is 2. The summed E-state index contributed by atoms with van der Waals surface area (Å²) in [5, 5.41) is 3.25. The molecule has 24 heavy (non-hydrogen) atoms. The van der Waals surface area contributed by atoms with Crippen LogP contribution in [-0.2, 0) is 20.7 Å². The number of benzene rings is 2. The Bertz CT molecular complexity index is 683. The Morgan fingerprint density at radius 2 is 1.71 bits per heavy atom. The molecule has 1 amide bonds. The maximum atomic E-state index is 11.8. The third kappa shape index (κ3) is 5.93. The quantitative estimate of drug-likeness (QED) is 0.779. The lowest BCUT2D eigenvalue weighted by Crippen LogP contribution is -2.21. The predicted molar refractivity (Wildman–Crippen MR) is 92.4 cm³/mol. The first-order valence-corrected chi connectivity index (χ1v) is 7.87. The van der Waals surface area contributed by atoms with E-state index in [1.165, 1.54) is 0 Å². The molecule has 0 aliphatic rings. The van der Waals surface area contributed by atoms with E-state index in [1.807, 2.05) is 6.92 Å². The number of nitrogens with one attached hydrogen (secondary N) is 1. The van der Waals surface area contributed by atoms with Crippen LogP contribution in [0.5, 0.6) is 5.75 Å². The van der Waals surface area contributed by atoms with Crippen molar-refractivity contribution in [2.24, 2.45) is 0 Å². The third-order valence-corrected chi connectivity index (χ3v) is 3.33. The van der Waals surface area contributed by atoms with Crippen LogP contribution in [0, 0.1) is 0 Å². The van der Waals surface area contributed by atoms with Gasteiger partial charge in [-0.25, -0.2) is 0 Å². The van der Waals surface area contributed by atoms with E-state index >= 15 is 0 Å². The molecular weight excluding hydrogens is 330 g/mol. The summed E-state index contributed by atoms with van der Waals surface area (Å²) < 4.78 is 10.3. The molecule has 0 atom stereocenters. The molecule has 6 heteroatoms. The number of amides is 1. The normalized spacial score (nSPS) is 10.1. The van der Waals surface area contributed by atoms with Crippen molar-refractivity contribution >= 4 is 29.2 Å². The van der Waals surface area contributed by atoms with Crippen molar-refractivity contribution in [3.05, 3.63) is 59.1 Å². The molecule has 0 bridgehead atoms. The van der Waals surface area contributed by atoms with Crippen LogP contribution in [0.15, 0.2) is 48.5 Å².